The first kappa shape index (κ1) is 13.1. The summed E-state index contributed by atoms with van der Waals surface area (Å²) in [7, 11) is 0. The van der Waals surface area contributed by atoms with Crippen molar-refractivity contribution < 1.29 is 4.92 Å². The molecule has 0 unspecified atom stereocenters. The molecule has 1 heterocycles. The van der Waals surface area contributed by atoms with Gasteiger partial charge < -0.3 is 5.73 Å². The minimum atomic E-state index is -0.432. The summed E-state index contributed by atoms with van der Waals surface area (Å²) < 4.78 is 1.53. The molecular weight excluding hydrogens is 244 g/mol. The second kappa shape index (κ2) is 5.09. The molecule has 0 saturated carbocycles. The second-order valence-corrected chi connectivity index (χ2v) is 4.85. The molecular formula is C13H16N4O2. The van der Waals surface area contributed by atoms with E-state index in [2.05, 4.69) is 18.9 Å². The van der Waals surface area contributed by atoms with Gasteiger partial charge in [0, 0.05) is 18.2 Å². The van der Waals surface area contributed by atoms with Crippen LogP contribution in [0.2, 0.25) is 0 Å². The Hall–Kier alpha value is -2.37. The highest BCUT2D eigenvalue weighted by atomic mass is 16.6. The van der Waals surface area contributed by atoms with Crippen LogP contribution in [-0.2, 0) is 6.42 Å². The molecule has 0 atom stereocenters. The Kier molecular flexibility index (Phi) is 3.50. The Morgan fingerprint density at radius 1 is 1.42 bits per heavy atom. The third-order valence-corrected chi connectivity index (χ3v) is 2.69. The lowest BCUT2D eigenvalue weighted by Crippen LogP contribution is -2.03. The largest absolute Gasteiger partial charge is 0.384 e. The maximum atomic E-state index is 10.8. The van der Waals surface area contributed by atoms with Crippen molar-refractivity contribution in [2.75, 3.05) is 5.73 Å². The molecule has 100 valence electrons. The molecule has 1 aromatic carbocycles. The van der Waals surface area contributed by atoms with Crippen molar-refractivity contribution in [3.8, 4) is 5.69 Å². The summed E-state index contributed by atoms with van der Waals surface area (Å²) in [5, 5.41) is 15.2. The molecule has 2 aromatic rings. The Labute approximate surface area is 111 Å². The summed E-state index contributed by atoms with van der Waals surface area (Å²) in [6.07, 6.45) is 0.826. The van der Waals surface area contributed by atoms with E-state index < -0.39 is 4.92 Å². The third kappa shape index (κ3) is 2.90. The van der Waals surface area contributed by atoms with Gasteiger partial charge in [0.2, 0.25) is 0 Å². The summed E-state index contributed by atoms with van der Waals surface area (Å²) in [6, 6.07) is 8.08. The fraction of sp³-hybridized carbons (Fsp3) is 0.308. The van der Waals surface area contributed by atoms with Crippen molar-refractivity contribution in [1.29, 1.82) is 0 Å². The summed E-state index contributed by atoms with van der Waals surface area (Å²) in [5.74, 6) is 0.962. The molecule has 1 aromatic heterocycles. The first-order valence-corrected chi connectivity index (χ1v) is 6.06. The first-order valence-electron chi connectivity index (χ1n) is 6.06. The van der Waals surface area contributed by atoms with Crippen LogP contribution in [0.5, 0.6) is 0 Å². The predicted molar refractivity (Wildman–Crippen MR) is 73.2 cm³/mol. The number of non-ortho nitro benzene ring substituents is 1. The van der Waals surface area contributed by atoms with Crippen molar-refractivity contribution in [1.82, 2.24) is 9.78 Å². The van der Waals surface area contributed by atoms with Gasteiger partial charge in [-0.25, -0.2) is 4.68 Å². The molecule has 19 heavy (non-hydrogen) atoms. The van der Waals surface area contributed by atoms with Crippen LogP contribution in [0.15, 0.2) is 30.3 Å². The van der Waals surface area contributed by atoms with E-state index in [0.29, 0.717) is 17.4 Å². The number of rotatable bonds is 4. The van der Waals surface area contributed by atoms with Crippen LogP contribution < -0.4 is 5.73 Å². The van der Waals surface area contributed by atoms with Crippen LogP contribution in [0.4, 0.5) is 11.5 Å². The summed E-state index contributed by atoms with van der Waals surface area (Å²) in [4.78, 5) is 10.3. The van der Waals surface area contributed by atoms with Gasteiger partial charge in [0.25, 0.3) is 5.69 Å². The fourth-order valence-corrected chi connectivity index (χ4v) is 1.91. The van der Waals surface area contributed by atoms with E-state index in [4.69, 9.17) is 5.73 Å². The summed E-state index contributed by atoms with van der Waals surface area (Å²) in [6.45, 7) is 4.20. The molecule has 0 radical (unpaired) electrons. The van der Waals surface area contributed by atoms with Gasteiger partial charge in [-0.3, -0.25) is 10.1 Å². The van der Waals surface area contributed by atoms with Gasteiger partial charge in [0.15, 0.2) is 0 Å². The lowest BCUT2D eigenvalue weighted by Gasteiger charge is -2.03. The molecule has 0 bridgehead atoms. The van der Waals surface area contributed by atoms with Gasteiger partial charge in [0.05, 0.1) is 16.3 Å². The standard InChI is InChI=1S/C13H16N4O2/c1-9(2)6-10-7-13(14)16(15-10)11-4-3-5-12(8-11)17(18)19/h3-5,7-9H,6,14H2,1-2H3. The van der Waals surface area contributed by atoms with Crippen molar-refractivity contribution in [2.24, 2.45) is 5.92 Å². The number of nitrogens with zero attached hydrogens (tertiary/aromatic N) is 3. The Morgan fingerprint density at radius 2 is 2.16 bits per heavy atom. The number of nitrogen functional groups attached to an aromatic ring is 1. The lowest BCUT2D eigenvalue weighted by molar-refractivity contribution is -0.384. The smallest absolute Gasteiger partial charge is 0.271 e. The summed E-state index contributed by atoms with van der Waals surface area (Å²) >= 11 is 0. The van der Waals surface area contributed by atoms with Gasteiger partial charge in [-0.1, -0.05) is 19.9 Å². The Morgan fingerprint density at radius 3 is 2.79 bits per heavy atom. The molecule has 6 nitrogen and oxygen atoms in total. The molecule has 0 saturated heterocycles. The van der Waals surface area contributed by atoms with E-state index in [0.717, 1.165) is 12.1 Å². The highest BCUT2D eigenvalue weighted by molar-refractivity contribution is 5.48. The number of hydrogen-bond donors (Lipinski definition) is 1. The van der Waals surface area contributed by atoms with E-state index in [-0.39, 0.29) is 5.69 Å². The molecule has 0 aliphatic rings. The highest BCUT2D eigenvalue weighted by Gasteiger charge is 2.11. The molecule has 0 aliphatic heterocycles. The topological polar surface area (TPSA) is 87.0 Å². The molecule has 0 spiro atoms. The van der Waals surface area contributed by atoms with E-state index in [1.54, 1.807) is 18.2 Å². The first-order chi connectivity index (χ1) is 8.97. The van der Waals surface area contributed by atoms with E-state index in [1.165, 1.54) is 16.8 Å². The number of nitro groups is 1. The maximum absolute atomic E-state index is 10.8. The van der Waals surface area contributed by atoms with Gasteiger partial charge in [0.1, 0.15) is 5.82 Å². The van der Waals surface area contributed by atoms with Crippen molar-refractivity contribution in [3.63, 3.8) is 0 Å². The maximum Gasteiger partial charge on any atom is 0.271 e. The Bertz CT molecular complexity index is 604. The SMILES string of the molecule is CC(C)Cc1cc(N)n(-c2cccc([N+](=O)[O-])c2)n1. The average Bonchev–Trinajstić information content (AvgIpc) is 2.69. The molecule has 2 rings (SSSR count). The van der Waals surface area contributed by atoms with Crippen LogP contribution in [0.3, 0.4) is 0 Å². The van der Waals surface area contributed by atoms with Gasteiger partial charge in [-0.2, -0.15) is 5.10 Å². The number of anilines is 1. The van der Waals surface area contributed by atoms with Crippen LogP contribution in [0, 0.1) is 16.0 Å². The average molecular weight is 260 g/mol. The number of aromatic nitrogens is 2. The number of nitro benzene ring substituents is 1. The minimum absolute atomic E-state index is 0.0257. The van der Waals surface area contributed by atoms with E-state index in [1.807, 2.05) is 0 Å². The van der Waals surface area contributed by atoms with Gasteiger partial charge in [-0.15, -0.1) is 0 Å². The van der Waals surface area contributed by atoms with Crippen molar-refractivity contribution >= 4 is 11.5 Å². The zero-order chi connectivity index (χ0) is 14.0. The van der Waals surface area contributed by atoms with Gasteiger partial charge >= 0.3 is 0 Å². The molecule has 0 amide bonds. The molecule has 6 heteroatoms. The number of hydrogen-bond acceptors (Lipinski definition) is 4. The second-order valence-electron chi connectivity index (χ2n) is 4.85. The van der Waals surface area contributed by atoms with Crippen LogP contribution in [-0.4, -0.2) is 14.7 Å². The highest BCUT2D eigenvalue weighted by Crippen LogP contribution is 2.20. The van der Waals surface area contributed by atoms with Crippen molar-refractivity contribution in [3.05, 3.63) is 46.1 Å². The zero-order valence-electron chi connectivity index (χ0n) is 10.9. The predicted octanol–water partition coefficient (Wildman–Crippen LogP) is 2.56. The van der Waals surface area contributed by atoms with E-state index in [9.17, 15) is 10.1 Å². The molecule has 2 N–H and O–H groups in total. The van der Waals surface area contributed by atoms with E-state index >= 15 is 0 Å². The Balaban J connectivity index is 2.38. The number of nitrogens with two attached hydrogens (primary N) is 1. The quantitative estimate of drug-likeness (QED) is 0.676. The van der Waals surface area contributed by atoms with Gasteiger partial charge in [-0.05, 0) is 18.4 Å². The third-order valence-electron chi connectivity index (χ3n) is 2.69. The van der Waals surface area contributed by atoms with Crippen LogP contribution in [0.1, 0.15) is 19.5 Å². The van der Waals surface area contributed by atoms with Crippen molar-refractivity contribution in [2.45, 2.75) is 20.3 Å². The summed E-state index contributed by atoms with van der Waals surface area (Å²) in [5.41, 5.74) is 7.42. The fourth-order valence-electron chi connectivity index (χ4n) is 1.91. The normalized spacial score (nSPS) is 10.9. The molecule has 0 aliphatic carbocycles. The molecule has 0 fully saturated rings. The minimum Gasteiger partial charge on any atom is -0.384 e. The number of benzene rings is 1. The lowest BCUT2D eigenvalue weighted by atomic mass is 10.1. The van der Waals surface area contributed by atoms with Crippen LogP contribution >= 0.6 is 0 Å². The monoisotopic (exact) mass is 260 g/mol. The zero-order valence-corrected chi connectivity index (χ0v) is 10.9. The van der Waals surface area contributed by atoms with Crippen LogP contribution in [0.25, 0.3) is 5.69 Å².